The van der Waals surface area contributed by atoms with E-state index >= 15 is 0 Å². The van der Waals surface area contributed by atoms with Crippen LogP contribution in [-0.4, -0.2) is 32.3 Å². The van der Waals surface area contributed by atoms with E-state index in [1.807, 2.05) is 30.3 Å². The molecule has 0 aliphatic carbocycles. The molecule has 4 rings (SSSR count). The molecule has 5 nitrogen and oxygen atoms in total. The van der Waals surface area contributed by atoms with Gasteiger partial charge in [-0.3, -0.25) is 4.79 Å². The van der Waals surface area contributed by atoms with Crippen LogP contribution in [0.1, 0.15) is 25.0 Å². The summed E-state index contributed by atoms with van der Waals surface area (Å²) in [6, 6.07) is 14.1. The molecule has 0 radical (unpaired) electrons. The molecule has 1 atom stereocenters. The number of rotatable bonds is 4. The van der Waals surface area contributed by atoms with E-state index in [1.165, 1.54) is 5.56 Å². The highest BCUT2D eigenvalue weighted by atomic mass is 16.5. The van der Waals surface area contributed by atoms with Crippen molar-refractivity contribution in [2.75, 3.05) is 25.7 Å². The molecule has 0 saturated carbocycles. The fourth-order valence-electron chi connectivity index (χ4n) is 4.31. The van der Waals surface area contributed by atoms with Gasteiger partial charge in [0.2, 0.25) is 5.91 Å². The Morgan fingerprint density at radius 2 is 1.81 bits per heavy atom. The summed E-state index contributed by atoms with van der Waals surface area (Å²) in [5, 5.41) is 3.23. The van der Waals surface area contributed by atoms with Crippen LogP contribution < -0.4 is 19.7 Å². The summed E-state index contributed by atoms with van der Waals surface area (Å²) in [5.74, 6) is 1.41. The molecule has 0 spiro atoms. The van der Waals surface area contributed by atoms with Crippen LogP contribution >= 0.6 is 0 Å². The first-order valence-electron chi connectivity index (χ1n) is 9.02. The Hall–Kier alpha value is -2.95. The number of carbonyl (C=O) groups is 1. The second-order valence-corrected chi connectivity index (χ2v) is 7.49. The van der Waals surface area contributed by atoms with Gasteiger partial charge >= 0.3 is 0 Å². The quantitative estimate of drug-likeness (QED) is 0.904. The molecule has 2 heterocycles. The van der Waals surface area contributed by atoms with Crippen LogP contribution in [0.3, 0.4) is 0 Å². The summed E-state index contributed by atoms with van der Waals surface area (Å²) in [5.41, 5.74) is 2.46. The minimum Gasteiger partial charge on any atom is -0.493 e. The minimum atomic E-state index is -0.596. The van der Waals surface area contributed by atoms with Gasteiger partial charge in [-0.2, -0.15) is 0 Å². The van der Waals surface area contributed by atoms with Crippen LogP contribution in [0.4, 0.5) is 5.69 Å². The van der Waals surface area contributed by atoms with Gasteiger partial charge in [-0.25, -0.2) is 0 Å². The molecule has 140 valence electrons. The van der Waals surface area contributed by atoms with Crippen LogP contribution in [0.15, 0.2) is 48.5 Å². The maximum absolute atomic E-state index is 12.3. The largest absolute Gasteiger partial charge is 0.493 e. The van der Waals surface area contributed by atoms with Gasteiger partial charge in [-0.05, 0) is 35.4 Å². The molecule has 27 heavy (non-hydrogen) atoms. The Morgan fingerprint density at radius 1 is 1.07 bits per heavy atom. The van der Waals surface area contributed by atoms with E-state index in [0.717, 1.165) is 11.3 Å². The van der Waals surface area contributed by atoms with Crippen molar-refractivity contribution in [1.82, 2.24) is 5.32 Å². The zero-order chi connectivity index (χ0) is 19.2. The molecule has 2 aromatic carbocycles. The summed E-state index contributed by atoms with van der Waals surface area (Å²) < 4.78 is 10.7. The van der Waals surface area contributed by atoms with E-state index < -0.39 is 5.66 Å². The highest BCUT2D eigenvalue weighted by Gasteiger charge is 2.59. The first-order valence-corrected chi connectivity index (χ1v) is 9.02. The van der Waals surface area contributed by atoms with Crippen molar-refractivity contribution in [3.8, 4) is 11.5 Å². The lowest BCUT2D eigenvalue weighted by atomic mass is 9.75. The fraction of sp³-hybridized carbons (Fsp3) is 0.318. The summed E-state index contributed by atoms with van der Waals surface area (Å²) in [6.45, 7) is 4.71. The van der Waals surface area contributed by atoms with Gasteiger partial charge in [0, 0.05) is 11.1 Å². The maximum atomic E-state index is 12.3. The number of hydrogen-bond acceptors (Lipinski definition) is 4. The zero-order valence-electron chi connectivity index (χ0n) is 16.1. The van der Waals surface area contributed by atoms with E-state index in [4.69, 9.17) is 9.47 Å². The van der Waals surface area contributed by atoms with Gasteiger partial charge in [0.1, 0.15) is 5.66 Å². The molecule has 0 unspecified atom stereocenters. The lowest BCUT2D eigenvalue weighted by Gasteiger charge is -2.40. The Kier molecular flexibility index (Phi) is 3.91. The molecule has 1 fully saturated rings. The molecular formula is C22H24N2O3. The minimum absolute atomic E-state index is 0.0366. The fourth-order valence-corrected chi connectivity index (χ4v) is 4.31. The van der Waals surface area contributed by atoms with Crippen molar-refractivity contribution in [2.24, 2.45) is 0 Å². The predicted molar refractivity (Wildman–Crippen MR) is 106 cm³/mol. The van der Waals surface area contributed by atoms with E-state index in [1.54, 1.807) is 14.2 Å². The predicted octanol–water partition coefficient (Wildman–Crippen LogP) is 3.34. The summed E-state index contributed by atoms with van der Waals surface area (Å²) in [7, 11) is 3.25. The third-order valence-corrected chi connectivity index (χ3v) is 5.80. The molecule has 2 aliphatic heterocycles. The van der Waals surface area contributed by atoms with Crippen LogP contribution in [0.25, 0.3) is 6.08 Å². The summed E-state index contributed by atoms with van der Waals surface area (Å²) in [6.07, 6.45) is 4.13. The molecule has 5 heteroatoms. The van der Waals surface area contributed by atoms with Gasteiger partial charge in [0.05, 0.1) is 20.8 Å². The van der Waals surface area contributed by atoms with Crippen molar-refractivity contribution < 1.29 is 14.3 Å². The molecule has 1 amide bonds. The van der Waals surface area contributed by atoms with Crippen molar-refractivity contribution >= 4 is 17.7 Å². The van der Waals surface area contributed by atoms with Crippen LogP contribution in [0.2, 0.25) is 0 Å². The Morgan fingerprint density at radius 3 is 2.56 bits per heavy atom. The number of anilines is 1. The zero-order valence-corrected chi connectivity index (χ0v) is 16.1. The molecule has 0 aromatic heterocycles. The molecule has 1 N–H and O–H groups in total. The van der Waals surface area contributed by atoms with Crippen molar-refractivity contribution in [3.63, 3.8) is 0 Å². The molecule has 0 bridgehead atoms. The number of nitrogens with zero attached hydrogens (tertiary/aromatic N) is 1. The highest BCUT2D eigenvalue weighted by molar-refractivity contribution is 5.91. The molecule has 2 aliphatic rings. The normalized spacial score (nSPS) is 22.5. The van der Waals surface area contributed by atoms with Crippen molar-refractivity contribution in [2.45, 2.75) is 24.9 Å². The van der Waals surface area contributed by atoms with Gasteiger partial charge in [-0.15, -0.1) is 0 Å². The maximum Gasteiger partial charge on any atom is 0.241 e. The molecular weight excluding hydrogens is 340 g/mol. The van der Waals surface area contributed by atoms with E-state index in [-0.39, 0.29) is 11.3 Å². The number of methoxy groups -OCH3 is 2. The molecule has 1 saturated heterocycles. The van der Waals surface area contributed by atoms with E-state index in [0.29, 0.717) is 18.0 Å². The third-order valence-electron chi connectivity index (χ3n) is 5.80. The van der Waals surface area contributed by atoms with E-state index in [2.05, 4.69) is 48.3 Å². The first-order chi connectivity index (χ1) is 12.9. The summed E-state index contributed by atoms with van der Waals surface area (Å²) >= 11 is 0. The van der Waals surface area contributed by atoms with Gasteiger partial charge in [-0.1, -0.05) is 44.2 Å². The smallest absolute Gasteiger partial charge is 0.241 e. The second kappa shape index (κ2) is 6.05. The van der Waals surface area contributed by atoms with Crippen molar-refractivity contribution in [3.05, 3.63) is 59.7 Å². The van der Waals surface area contributed by atoms with Crippen molar-refractivity contribution in [1.29, 1.82) is 0 Å². The number of carbonyl (C=O) groups excluding carboxylic acids is 1. The number of nitrogens with one attached hydrogen (secondary N) is 1. The number of hydrogen-bond donors (Lipinski definition) is 1. The lowest BCUT2D eigenvalue weighted by Crippen LogP contribution is -2.58. The number of fused-ring (bicyclic) bond motifs is 3. The number of ether oxygens (including phenoxy) is 2. The molecule has 2 aromatic rings. The Balaban J connectivity index is 1.78. The average Bonchev–Trinajstić information content (AvgIpc) is 3.11. The average molecular weight is 364 g/mol. The van der Waals surface area contributed by atoms with Crippen LogP contribution in [0.5, 0.6) is 11.5 Å². The Labute approximate surface area is 159 Å². The highest BCUT2D eigenvalue weighted by Crippen LogP contribution is 2.52. The lowest BCUT2D eigenvalue weighted by molar-refractivity contribution is -0.118. The SMILES string of the molecule is COc1ccc(/C=C/[C@]23NC(=O)CN2c2ccccc2C3(C)C)cc1OC. The van der Waals surface area contributed by atoms with Gasteiger partial charge in [0.25, 0.3) is 0 Å². The number of amides is 1. The summed E-state index contributed by atoms with van der Waals surface area (Å²) in [4.78, 5) is 14.5. The monoisotopic (exact) mass is 364 g/mol. The standard InChI is InChI=1S/C22H24N2O3/c1-21(2)16-7-5-6-8-17(16)24-14-20(25)23-22(21,24)12-11-15-9-10-18(26-3)19(13-15)27-4/h5-13H,14H2,1-4H3,(H,23,25)/b12-11+/t22-/m0/s1. The van der Waals surface area contributed by atoms with Crippen LogP contribution in [-0.2, 0) is 10.2 Å². The van der Waals surface area contributed by atoms with Crippen LogP contribution in [0, 0.1) is 0 Å². The van der Waals surface area contributed by atoms with Gasteiger partial charge < -0.3 is 19.7 Å². The first kappa shape index (κ1) is 17.5. The topological polar surface area (TPSA) is 50.8 Å². The van der Waals surface area contributed by atoms with Gasteiger partial charge in [0.15, 0.2) is 11.5 Å². The Bertz CT molecular complexity index is 935. The second-order valence-electron chi connectivity index (χ2n) is 7.49. The van der Waals surface area contributed by atoms with E-state index in [9.17, 15) is 4.79 Å². The number of benzene rings is 2. The number of para-hydroxylation sites is 1. The third kappa shape index (κ3) is 2.41.